The zero-order chi connectivity index (χ0) is 20.1. The first-order valence-electron chi connectivity index (χ1n) is 8.14. The van der Waals surface area contributed by atoms with Crippen LogP contribution in [0.25, 0.3) is 10.6 Å². The fourth-order valence-corrected chi connectivity index (χ4v) is 3.19. The third-order valence-electron chi connectivity index (χ3n) is 3.83. The minimum Gasteiger partial charge on any atom is -0.493 e. The van der Waals surface area contributed by atoms with Gasteiger partial charge in [0.25, 0.3) is 0 Å². The first kappa shape index (κ1) is 19.4. The summed E-state index contributed by atoms with van der Waals surface area (Å²) in [7, 11) is 4.42. The van der Waals surface area contributed by atoms with Gasteiger partial charge in [-0.2, -0.15) is 0 Å². The van der Waals surface area contributed by atoms with Gasteiger partial charge in [-0.1, -0.05) is 0 Å². The molecule has 1 aromatic heterocycles. The Kier molecular flexibility index (Phi) is 5.90. The van der Waals surface area contributed by atoms with Gasteiger partial charge >= 0.3 is 11.9 Å². The minimum atomic E-state index is -0.589. The van der Waals surface area contributed by atoms with E-state index in [2.05, 4.69) is 9.72 Å². The van der Waals surface area contributed by atoms with Crippen molar-refractivity contribution in [3.8, 4) is 27.8 Å². The molecule has 0 saturated carbocycles. The highest BCUT2D eigenvalue weighted by Crippen LogP contribution is 2.33. The van der Waals surface area contributed by atoms with Crippen molar-refractivity contribution in [1.82, 2.24) is 4.98 Å². The molecule has 0 spiro atoms. The Labute approximate surface area is 165 Å². The molecule has 1 heterocycles. The molecule has 3 aromatic rings. The Morgan fingerprint density at radius 3 is 2.25 bits per heavy atom. The minimum absolute atomic E-state index is 0.187. The van der Waals surface area contributed by atoms with E-state index in [-0.39, 0.29) is 5.69 Å². The Balaban J connectivity index is 1.74. The second kappa shape index (κ2) is 8.53. The molecule has 28 heavy (non-hydrogen) atoms. The molecule has 0 N–H and O–H groups in total. The highest BCUT2D eigenvalue weighted by Gasteiger charge is 2.16. The number of carbonyl (C=O) groups excluding carboxylic acids is 2. The molecule has 0 amide bonds. The van der Waals surface area contributed by atoms with Gasteiger partial charge < -0.3 is 18.9 Å². The average Bonchev–Trinajstić information content (AvgIpc) is 3.23. The van der Waals surface area contributed by atoms with E-state index in [4.69, 9.17) is 14.2 Å². The van der Waals surface area contributed by atoms with Gasteiger partial charge in [-0.25, -0.2) is 14.6 Å². The Bertz CT molecular complexity index is 996. The number of methoxy groups -OCH3 is 3. The maximum absolute atomic E-state index is 12.3. The Hall–Kier alpha value is -3.39. The zero-order valence-corrected chi connectivity index (χ0v) is 16.2. The largest absolute Gasteiger partial charge is 0.493 e. The van der Waals surface area contributed by atoms with Gasteiger partial charge in [0.15, 0.2) is 17.2 Å². The van der Waals surface area contributed by atoms with E-state index >= 15 is 0 Å². The van der Waals surface area contributed by atoms with E-state index in [1.165, 1.54) is 42.7 Å². The molecule has 0 aliphatic rings. The lowest BCUT2D eigenvalue weighted by molar-refractivity contribution is 0.0600. The fourth-order valence-electron chi connectivity index (χ4n) is 2.41. The molecule has 0 bridgehead atoms. The van der Waals surface area contributed by atoms with Crippen molar-refractivity contribution in [2.75, 3.05) is 21.3 Å². The molecule has 0 unspecified atom stereocenters. The summed E-state index contributed by atoms with van der Waals surface area (Å²) in [6.45, 7) is 0. The number of rotatable bonds is 6. The lowest BCUT2D eigenvalue weighted by Gasteiger charge is -2.08. The summed E-state index contributed by atoms with van der Waals surface area (Å²) in [4.78, 5) is 28.1. The van der Waals surface area contributed by atoms with Crippen molar-refractivity contribution in [2.45, 2.75) is 0 Å². The molecule has 2 aromatic carbocycles. The van der Waals surface area contributed by atoms with Crippen LogP contribution in [0.4, 0.5) is 0 Å². The summed E-state index contributed by atoms with van der Waals surface area (Å²) >= 11 is 1.31. The SMILES string of the molecule is COC(=O)c1ccc(OC(=O)c2csc(-c3ccc(OC)c(OC)c3)n2)cc1. The topological polar surface area (TPSA) is 84.0 Å². The molecule has 8 heteroatoms. The number of carbonyl (C=O) groups is 2. The van der Waals surface area contributed by atoms with Crippen LogP contribution in [0.1, 0.15) is 20.8 Å². The smallest absolute Gasteiger partial charge is 0.363 e. The van der Waals surface area contributed by atoms with E-state index in [1.807, 2.05) is 6.07 Å². The second-order valence-electron chi connectivity index (χ2n) is 5.51. The fraction of sp³-hybridized carbons (Fsp3) is 0.150. The molecule has 0 aliphatic heterocycles. The predicted molar refractivity (Wildman–Crippen MR) is 103 cm³/mol. The standard InChI is InChI=1S/C20H17NO6S/c1-24-16-9-6-13(10-17(16)25-2)18-21-15(11-28-18)20(23)27-14-7-4-12(5-8-14)19(22)26-3/h4-11H,1-3H3. The molecule has 0 atom stereocenters. The van der Waals surface area contributed by atoms with Crippen molar-refractivity contribution in [3.63, 3.8) is 0 Å². The zero-order valence-electron chi connectivity index (χ0n) is 15.4. The summed E-state index contributed by atoms with van der Waals surface area (Å²) < 4.78 is 20.5. The van der Waals surface area contributed by atoms with Crippen LogP contribution in [-0.2, 0) is 4.74 Å². The average molecular weight is 399 g/mol. The van der Waals surface area contributed by atoms with Gasteiger partial charge in [0.05, 0.1) is 26.9 Å². The van der Waals surface area contributed by atoms with Gasteiger partial charge in [0.2, 0.25) is 0 Å². The molecule has 0 radical (unpaired) electrons. The van der Waals surface area contributed by atoms with Gasteiger partial charge in [-0.3, -0.25) is 0 Å². The van der Waals surface area contributed by atoms with E-state index in [9.17, 15) is 9.59 Å². The van der Waals surface area contributed by atoms with Gasteiger partial charge in [0.1, 0.15) is 10.8 Å². The highest BCUT2D eigenvalue weighted by atomic mass is 32.1. The van der Waals surface area contributed by atoms with Gasteiger partial charge in [-0.15, -0.1) is 11.3 Å². The van der Waals surface area contributed by atoms with Crippen LogP contribution in [-0.4, -0.2) is 38.3 Å². The number of hydrogen-bond donors (Lipinski definition) is 0. The van der Waals surface area contributed by atoms with Crippen molar-refractivity contribution in [3.05, 3.63) is 59.1 Å². The number of aromatic nitrogens is 1. The van der Waals surface area contributed by atoms with E-state index < -0.39 is 11.9 Å². The lowest BCUT2D eigenvalue weighted by atomic mass is 10.2. The quantitative estimate of drug-likeness (QED) is 0.460. The maximum Gasteiger partial charge on any atom is 0.363 e. The van der Waals surface area contributed by atoms with E-state index in [0.29, 0.717) is 27.8 Å². The number of esters is 2. The summed E-state index contributed by atoms with van der Waals surface area (Å²) in [5.41, 5.74) is 1.35. The number of benzene rings is 2. The van der Waals surface area contributed by atoms with Crippen LogP contribution >= 0.6 is 11.3 Å². The van der Waals surface area contributed by atoms with Crippen LogP contribution in [0, 0.1) is 0 Å². The molecule has 0 saturated heterocycles. The molecule has 7 nitrogen and oxygen atoms in total. The third-order valence-corrected chi connectivity index (χ3v) is 4.72. The van der Waals surface area contributed by atoms with Gasteiger partial charge in [0, 0.05) is 10.9 Å². The molecule has 0 aliphatic carbocycles. The molecule has 144 valence electrons. The van der Waals surface area contributed by atoms with Crippen molar-refractivity contribution < 1.29 is 28.5 Å². The monoisotopic (exact) mass is 399 g/mol. The van der Waals surface area contributed by atoms with E-state index in [0.717, 1.165) is 5.56 Å². The first-order chi connectivity index (χ1) is 13.5. The number of ether oxygens (including phenoxy) is 4. The van der Waals surface area contributed by atoms with Crippen LogP contribution < -0.4 is 14.2 Å². The summed E-state index contributed by atoms with van der Waals surface area (Å²) in [6.07, 6.45) is 0. The normalized spacial score (nSPS) is 10.2. The van der Waals surface area contributed by atoms with Crippen molar-refractivity contribution in [2.24, 2.45) is 0 Å². The number of nitrogens with zero attached hydrogens (tertiary/aromatic N) is 1. The third kappa shape index (κ3) is 4.12. The molecule has 3 rings (SSSR count). The van der Waals surface area contributed by atoms with Crippen LogP contribution in [0.3, 0.4) is 0 Å². The number of thiazole rings is 1. The summed E-state index contributed by atoms with van der Waals surface area (Å²) in [5.74, 6) is 0.437. The van der Waals surface area contributed by atoms with Crippen LogP contribution in [0.5, 0.6) is 17.2 Å². The highest BCUT2D eigenvalue weighted by molar-refractivity contribution is 7.13. The van der Waals surface area contributed by atoms with Gasteiger partial charge in [-0.05, 0) is 42.5 Å². The maximum atomic E-state index is 12.3. The Morgan fingerprint density at radius 1 is 0.893 bits per heavy atom. The molecule has 0 fully saturated rings. The Morgan fingerprint density at radius 2 is 1.61 bits per heavy atom. The van der Waals surface area contributed by atoms with Crippen molar-refractivity contribution in [1.29, 1.82) is 0 Å². The predicted octanol–water partition coefficient (Wildman–Crippen LogP) is 3.83. The number of hydrogen-bond acceptors (Lipinski definition) is 8. The van der Waals surface area contributed by atoms with E-state index in [1.54, 1.807) is 31.7 Å². The molecular formula is C20H17NO6S. The lowest BCUT2D eigenvalue weighted by Crippen LogP contribution is -2.09. The van der Waals surface area contributed by atoms with Crippen LogP contribution in [0.2, 0.25) is 0 Å². The van der Waals surface area contributed by atoms with Crippen molar-refractivity contribution >= 4 is 23.3 Å². The van der Waals surface area contributed by atoms with Crippen LogP contribution in [0.15, 0.2) is 47.8 Å². The summed E-state index contributed by atoms with van der Waals surface area (Å²) in [5, 5.41) is 2.27. The molecular weight excluding hydrogens is 382 g/mol. The summed E-state index contributed by atoms with van der Waals surface area (Å²) in [6, 6.07) is 11.5. The first-order valence-corrected chi connectivity index (χ1v) is 9.02. The second-order valence-corrected chi connectivity index (χ2v) is 6.37.